The van der Waals surface area contributed by atoms with Crippen LogP contribution in [0.1, 0.15) is 42.9 Å². The first kappa shape index (κ1) is 15.3. The molecule has 0 amide bonds. The zero-order valence-corrected chi connectivity index (χ0v) is 14.6. The number of nitrogens with two attached hydrogens (primary N) is 1. The topological polar surface area (TPSA) is 42.4 Å². The first-order chi connectivity index (χ1) is 10.2. The summed E-state index contributed by atoms with van der Waals surface area (Å²) in [6, 6.07) is 7.27. The van der Waals surface area contributed by atoms with E-state index in [0.29, 0.717) is 6.04 Å². The molecule has 1 saturated carbocycles. The van der Waals surface area contributed by atoms with Gasteiger partial charge in [0, 0.05) is 26.8 Å². The second-order valence-corrected chi connectivity index (χ2v) is 7.53. The van der Waals surface area contributed by atoms with Crippen LogP contribution in [0.4, 0.5) is 0 Å². The highest BCUT2D eigenvalue weighted by molar-refractivity contribution is 9.10. The van der Waals surface area contributed by atoms with E-state index in [1.54, 1.807) is 17.6 Å². The number of hydrogen-bond acceptors (Lipinski definition) is 4. The summed E-state index contributed by atoms with van der Waals surface area (Å²) in [5, 5.41) is 2.14. The molecule has 1 fully saturated rings. The van der Waals surface area contributed by atoms with E-state index >= 15 is 0 Å². The molecule has 2 aromatic rings. The average Bonchev–Trinajstić information content (AvgIpc) is 3.03. The number of halogens is 1. The van der Waals surface area contributed by atoms with Crippen molar-refractivity contribution in [3.05, 3.63) is 45.0 Å². The van der Waals surface area contributed by atoms with Crippen molar-refractivity contribution in [2.75, 3.05) is 0 Å². The van der Waals surface area contributed by atoms with E-state index in [9.17, 15) is 0 Å². The molecule has 0 aromatic carbocycles. The van der Waals surface area contributed by atoms with Gasteiger partial charge < -0.3 is 10.2 Å². The highest BCUT2D eigenvalue weighted by Gasteiger charge is 2.38. The van der Waals surface area contributed by atoms with Crippen molar-refractivity contribution < 1.29 is 4.42 Å². The normalized spacial score (nSPS) is 18.1. The van der Waals surface area contributed by atoms with Gasteiger partial charge in [-0.2, -0.15) is 0 Å². The Balaban J connectivity index is 1.88. The van der Waals surface area contributed by atoms with Crippen LogP contribution < -0.4 is 5.73 Å². The highest BCUT2D eigenvalue weighted by Crippen LogP contribution is 2.40. The van der Waals surface area contributed by atoms with Crippen LogP contribution in [0.2, 0.25) is 0 Å². The Kier molecular flexibility index (Phi) is 4.84. The first-order valence-electron chi connectivity index (χ1n) is 7.46. The lowest BCUT2D eigenvalue weighted by Crippen LogP contribution is -2.41. The Morgan fingerprint density at radius 1 is 1.52 bits per heavy atom. The van der Waals surface area contributed by atoms with E-state index in [-0.39, 0.29) is 12.1 Å². The van der Waals surface area contributed by atoms with Crippen LogP contribution >= 0.6 is 27.3 Å². The average molecular weight is 369 g/mol. The summed E-state index contributed by atoms with van der Waals surface area (Å²) in [5.74, 6) is 1.02. The Morgan fingerprint density at radius 3 is 2.86 bits per heavy atom. The monoisotopic (exact) mass is 368 g/mol. The van der Waals surface area contributed by atoms with Gasteiger partial charge in [0.15, 0.2) is 0 Å². The predicted molar refractivity (Wildman–Crippen MR) is 90.3 cm³/mol. The smallest absolute Gasteiger partial charge is 0.117 e. The van der Waals surface area contributed by atoms with Crippen molar-refractivity contribution >= 4 is 27.3 Å². The molecule has 0 bridgehead atoms. The van der Waals surface area contributed by atoms with Crippen molar-refractivity contribution in [1.29, 1.82) is 0 Å². The summed E-state index contributed by atoms with van der Waals surface area (Å²) in [4.78, 5) is 3.88. The van der Waals surface area contributed by atoms with E-state index in [0.717, 1.165) is 23.2 Å². The Morgan fingerprint density at radius 2 is 2.33 bits per heavy atom. The van der Waals surface area contributed by atoms with E-state index in [1.807, 2.05) is 12.1 Å². The molecule has 21 heavy (non-hydrogen) atoms. The molecule has 2 heterocycles. The zero-order chi connectivity index (χ0) is 14.8. The fourth-order valence-electron chi connectivity index (χ4n) is 2.77. The minimum atomic E-state index is 0.145. The zero-order valence-electron chi connectivity index (χ0n) is 12.2. The lowest BCUT2D eigenvalue weighted by atomic mass is 10.0. The molecule has 2 atom stereocenters. The van der Waals surface area contributed by atoms with Crippen LogP contribution in [-0.4, -0.2) is 17.0 Å². The molecule has 2 unspecified atom stereocenters. The predicted octanol–water partition coefficient (Wildman–Crippen LogP) is 4.55. The summed E-state index contributed by atoms with van der Waals surface area (Å²) in [7, 11) is 0. The summed E-state index contributed by atoms with van der Waals surface area (Å²) in [6.07, 6.45) is 5.25. The Labute approximate surface area is 138 Å². The Hall–Kier alpha value is -0.620. The van der Waals surface area contributed by atoms with Crippen molar-refractivity contribution in [1.82, 2.24) is 4.90 Å². The third kappa shape index (κ3) is 3.59. The van der Waals surface area contributed by atoms with Gasteiger partial charge in [-0.15, -0.1) is 11.3 Å². The number of rotatable bonds is 7. The number of furan rings is 1. The Bertz CT molecular complexity index is 565. The maximum absolute atomic E-state index is 6.47. The largest absolute Gasteiger partial charge is 0.468 e. The molecule has 3 nitrogen and oxygen atoms in total. The van der Waals surface area contributed by atoms with E-state index in [2.05, 4.69) is 39.2 Å². The lowest BCUT2D eigenvalue weighted by Gasteiger charge is -2.34. The molecule has 2 N–H and O–H groups in total. The van der Waals surface area contributed by atoms with Gasteiger partial charge in [0.2, 0.25) is 0 Å². The van der Waals surface area contributed by atoms with Gasteiger partial charge in [0.25, 0.3) is 0 Å². The molecule has 0 radical (unpaired) electrons. The SMILES string of the molecule is CCC(N)C(c1cc(Br)cs1)N(Cc1ccco1)C1CC1. The third-order valence-electron chi connectivity index (χ3n) is 4.05. The number of hydrogen-bond donors (Lipinski definition) is 1. The molecule has 0 saturated heterocycles. The van der Waals surface area contributed by atoms with Gasteiger partial charge in [0.05, 0.1) is 18.8 Å². The van der Waals surface area contributed by atoms with Gasteiger partial charge in [-0.25, -0.2) is 0 Å². The van der Waals surface area contributed by atoms with Gasteiger partial charge in [0.1, 0.15) is 5.76 Å². The van der Waals surface area contributed by atoms with E-state index < -0.39 is 0 Å². The fraction of sp³-hybridized carbons (Fsp3) is 0.500. The van der Waals surface area contributed by atoms with Crippen LogP contribution in [0.15, 0.2) is 38.7 Å². The van der Waals surface area contributed by atoms with Gasteiger partial charge in [-0.1, -0.05) is 6.92 Å². The fourth-order valence-corrected chi connectivity index (χ4v) is 4.41. The van der Waals surface area contributed by atoms with E-state index in [4.69, 9.17) is 10.2 Å². The van der Waals surface area contributed by atoms with Crippen molar-refractivity contribution in [3.63, 3.8) is 0 Å². The second-order valence-electron chi connectivity index (χ2n) is 5.67. The molecule has 1 aliphatic carbocycles. The summed E-state index contributed by atoms with van der Waals surface area (Å²) < 4.78 is 6.70. The van der Waals surface area contributed by atoms with E-state index in [1.165, 1.54) is 17.7 Å². The van der Waals surface area contributed by atoms with Crippen LogP contribution in [-0.2, 0) is 6.54 Å². The van der Waals surface area contributed by atoms with Crippen LogP contribution in [0.3, 0.4) is 0 Å². The maximum atomic E-state index is 6.47. The standard InChI is InChI=1S/C16H21BrN2OS/c1-2-14(18)16(15-8-11(17)10-21-15)19(12-5-6-12)9-13-4-3-7-20-13/h3-4,7-8,10,12,14,16H,2,5-6,9,18H2,1H3. The highest BCUT2D eigenvalue weighted by atomic mass is 79.9. The van der Waals surface area contributed by atoms with Crippen molar-refractivity contribution in [2.24, 2.45) is 5.73 Å². The number of nitrogens with zero attached hydrogens (tertiary/aromatic N) is 1. The summed E-state index contributed by atoms with van der Waals surface area (Å²) in [6.45, 7) is 3.00. The minimum absolute atomic E-state index is 0.145. The van der Waals surface area contributed by atoms with Gasteiger partial charge in [-0.05, 0) is 53.4 Å². The summed E-state index contributed by atoms with van der Waals surface area (Å²) >= 11 is 5.35. The summed E-state index contributed by atoms with van der Waals surface area (Å²) in [5.41, 5.74) is 6.47. The minimum Gasteiger partial charge on any atom is -0.468 e. The molecule has 0 spiro atoms. The van der Waals surface area contributed by atoms with Crippen LogP contribution in [0.25, 0.3) is 0 Å². The molecule has 1 aliphatic rings. The van der Waals surface area contributed by atoms with Crippen LogP contribution in [0, 0.1) is 0 Å². The second kappa shape index (κ2) is 6.65. The molecule has 5 heteroatoms. The molecule has 114 valence electrons. The van der Waals surface area contributed by atoms with Gasteiger partial charge >= 0.3 is 0 Å². The first-order valence-corrected chi connectivity index (χ1v) is 9.14. The molecule has 3 rings (SSSR count). The van der Waals surface area contributed by atoms with Crippen molar-refractivity contribution in [3.8, 4) is 0 Å². The molecule has 2 aromatic heterocycles. The molecular formula is C16H21BrN2OS. The van der Waals surface area contributed by atoms with Crippen LogP contribution in [0.5, 0.6) is 0 Å². The van der Waals surface area contributed by atoms with Gasteiger partial charge in [-0.3, -0.25) is 4.90 Å². The lowest BCUT2D eigenvalue weighted by molar-refractivity contribution is 0.142. The maximum Gasteiger partial charge on any atom is 0.117 e. The third-order valence-corrected chi connectivity index (χ3v) is 5.81. The van der Waals surface area contributed by atoms with Crippen molar-refractivity contribution in [2.45, 2.75) is 50.9 Å². The molecule has 0 aliphatic heterocycles. The number of thiophene rings is 1. The quantitative estimate of drug-likeness (QED) is 0.779. The molecular weight excluding hydrogens is 348 g/mol.